The lowest BCUT2D eigenvalue weighted by atomic mass is 9.96. The van der Waals surface area contributed by atoms with Gasteiger partial charge in [-0.05, 0) is 86.9 Å². The van der Waals surface area contributed by atoms with E-state index in [2.05, 4.69) is 22.0 Å². The fourth-order valence-electron chi connectivity index (χ4n) is 5.13. The maximum absolute atomic E-state index is 12.7. The Morgan fingerprint density at radius 1 is 0.804 bits per heavy atom. The van der Waals surface area contributed by atoms with Crippen molar-refractivity contribution in [2.45, 2.75) is 71.6 Å². The quantitative estimate of drug-likeness (QED) is 0.112. The monoisotopic (exact) mass is 700 g/mol. The molecule has 0 radical (unpaired) electrons. The van der Waals surface area contributed by atoms with Crippen molar-refractivity contribution in [3.8, 4) is 22.6 Å². The summed E-state index contributed by atoms with van der Waals surface area (Å²) in [6.45, 7) is 5.20. The molecule has 46 heavy (non-hydrogen) atoms. The molecule has 0 aliphatic heterocycles. The van der Waals surface area contributed by atoms with Gasteiger partial charge in [0.05, 0.1) is 32.0 Å². The molecule has 1 heterocycles. The van der Waals surface area contributed by atoms with Crippen LogP contribution in [0.4, 0.5) is 0 Å². The Morgan fingerprint density at radius 2 is 1.50 bits per heavy atom. The van der Waals surface area contributed by atoms with Crippen LogP contribution in [0, 0.1) is 0 Å². The summed E-state index contributed by atoms with van der Waals surface area (Å²) >= 11 is 3.51. The highest BCUT2D eigenvalue weighted by molar-refractivity contribution is 9.10. The largest absolute Gasteiger partial charge is 0.494 e. The summed E-state index contributed by atoms with van der Waals surface area (Å²) in [5.74, 6) is 0.913. The lowest BCUT2D eigenvalue weighted by Gasteiger charge is -2.16. The van der Waals surface area contributed by atoms with Crippen molar-refractivity contribution in [3.05, 3.63) is 79.0 Å². The topological polar surface area (TPSA) is 115 Å². The molecule has 3 aromatic rings. The molecule has 0 fully saturated rings. The molecule has 3 rings (SSSR count). The average molecular weight is 702 g/mol. The second kappa shape index (κ2) is 19.0. The molecule has 0 N–H and O–H groups in total. The van der Waals surface area contributed by atoms with Crippen molar-refractivity contribution < 1.29 is 28.5 Å². The molecule has 250 valence electrons. The summed E-state index contributed by atoms with van der Waals surface area (Å²) in [6.07, 6.45) is 7.86. The minimum Gasteiger partial charge on any atom is -0.494 e. The van der Waals surface area contributed by atoms with Crippen LogP contribution in [0.5, 0.6) is 11.5 Å². The summed E-state index contributed by atoms with van der Waals surface area (Å²) < 4.78 is 25.5. The smallest absolute Gasteiger partial charge is 0.330 e. The van der Waals surface area contributed by atoms with Gasteiger partial charge >= 0.3 is 17.6 Å². The van der Waals surface area contributed by atoms with Crippen molar-refractivity contribution in [3.63, 3.8) is 0 Å². The standard InChI is InChI=1S/C35H45BrN2O8/c1-5-43-32(39)16-12-20-46-31-15-11-14-25(29(31)17-18-33(40)44-6-2)13-9-7-8-10-19-45-28-22-26(21-27(36)23-28)30-24-37(3)35(42)38(4)34(30)41/h11,14-15,21-24H,5-10,12-13,16-20H2,1-4H3. The second-order valence-electron chi connectivity index (χ2n) is 10.9. The van der Waals surface area contributed by atoms with Gasteiger partial charge in [-0.2, -0.15) is 0 Å². The van der Waals surface area contributed by atoms with Gasteiger partial charge in [-0.25, -0.2) is 4.79 Å². The molecular weight excluding hydrogens is 656 g/mol. The summed E-state index contributed by atoms with van der Waals surface area (Å²) in [5, 5.41) is 0. The van der Waals surface area contributed by atoms with E-state index in [1.54, 1.807) is 27.1 Å². The van der Waals surface area contributed by atoms with Crippen LogP contribution in [0.1, 0.15) is 69.9 Å². The highest BCUT2D eigenvalue weighted by Crippen LogP contribution is 2.28. The lowest BCUT2D eigenvalue weighted by Crippen LogP contribution is -2.37. The van der Waals surface area contributed by atoms with Crippen molar-refractivity contribution in [1.82, 2.24) is 9.13 Å². The van der Waals surface area contributed by atoms with E-state index in [1.807, 2.05) is 30.3 Å². The molecule has 0 amide bonds. The minimum absolute atomic E-state index is 0.234. The normalized spacial score (nSPS) is 10.9. The first kappa shape index (κ1) is 36.6. The van der Waals surface area contributed by atoms with Crippen LogP contribution in [0.3, 0.4) is 0 Å². The lowest BCUT2D eigenvalue weighted by molar-refractivity contribution is -0.144. The van der Waals surface area contributed by atoms with Crippen LogP contribution < -0.4 is 20.7 Å². The fourth-order valence-corrected chi connectivity index (χ4v) is 5.60. The van der Waals surface area contributed by atoms with Gasteiger partial charge in [-0.15, -0.1) is 0 Å². The Labute approximate surface area is 278 Å². The van der Waals surface area contributed by atoms with E-state index in [0.717, 1.165) is 58.0 Å². The highest BCUT2D eigenvalue weighted by atomic mass is 79.9. The van der Waals surface area contributed by atoms with Crippen molar-refractivity contribution in [2.24, 2.45) is 14.1 Å². The fraction of sp³-hybridized carbons (Fsp3) is 0.486. The SMILES string of the molecule is CCOC(=O)CCCOc1cccc(CCCCCCOc2cc(Br)cc(-c3cn(C)c(=O)n(C)c3=O)c2)c1CCC(=O)OCC. The molecule has 10 nitrogen and oxygen atoms in total. The van der Waals surface area contributed by atoms with Gasteiger partial charge in [0.25, 0.3) is 5.56 Å². The number of hydrogen-bond acceptors (Lipinski definition) is 8. The number of rotatable bonds is 19. The zero-order valence-corrected chi connectivity index (χ0v) is 28.9. The molecule has 0 aliphatic rings. The van der Waals surface area contributed by atoms with Gasteiger partial charge < -0.3 is 23.5 Å². The van der Waals surface area contributed by atoms with Gasteiger partial charge in [0, 0.05) is 37.6 Å². The Kier molecular flexibility index (Phi) is 15.1. The van der Waals surface area contributed by atoms with Crippen LogP contribution in [-0.2, 0) is 46.0 Å². The van der Waals surface area contributed by atoms with Gasteiger partial charge in [0.1, 0.15) is 11.5 Å². The summed E-state index contributed by atoms with van der Waals surface area (Å²) in [6, 6.07) is 11.5. The number of aryl methyl sites for hydroxylation is 2. The summed E-state index contributed by atoms with van der Waals surface area (Å²) in [7, 11) is 3.08. The number of benzene rings is 2. The van der Waals surface area contributed by atoms with E-state index in [-0.39, 0.29) is 29.6 Å². The van der Waals surface area contributed by atoms with E-state index in [9.17, 15) is 19.2 Å². The predicted molar refractivity (Wildman–Crippen MR) is 180 cm³/mol. The number of aromatic nitrogens is 2. The van der Waals surface area contributed by atoms with E-state index in [1.165, 1.54) is 11.6 Å². The number of carbonyl (C=O) groups is 2. The molecule has 2 aromatic carbocycles. The Balaban J connectivity index is 1.53. The Hall–Kier alpha value is -3.86. The van der Waals surface area contributed by atoms with E-state index in [4.69, 9.17) is 18.9 Å². The van der Waals surface area contributed by atoms with Crippen LogP contribution in [0.2, 0.25) is 0 Å². The molecule has 0 bridgehead atoms. The first-order chi connectivity index (χ1) is 22.1. The second-order valence-corrected chi connectivity index (χ2v) is 11.9. The highest BCUT2D eigenvalue weighted by Gasteiger charge is 2.14. The van der Waals surface area contributed by atoms with Crippen molar-refractivity contribution in [2.75, 3.05) is 26.4 Å². The molecule has 0 saturated carbocycles. The number of esters is 2. The first-order valence-electron chi connectivity index (χ1n) is 15.9. The maximum Gasteiger partial charge on any atom is 0.330 e. The number of halogens is 1. The zero-order valence-electron chi connectivity index (χ0n) is 27.3. The maximum atomic E-state index is 12.7. The summed E-state index contributed by atoms with van der Waals surface area (Å²) in [4.78, 5) is 48.6. The van der Waals surface area contributed by atoms with Gasteiger partial charge in [0.2, 0.25) is 0 Å². The molecule has 0 unspecified atom stereocenters. The van der Waals surface area contributed by atoms with Crippen LogP contribution in [-0.4, -0.2) is 47.5 Å². The Bertz CT molecular complexity index is 1580. The number of unbranched alkanes of at least 4 members (excludes halogenated alkanes) is 3. The van der Waals surface area contributed by atoms with E-state index >= 15 is 0 Å². The van der Waals surface area contributed by atoms with E-state index in [0.29, 0.717) is 62.6 Å². The number of carbonyl (C=O) groups excluding carboxylic acids is 2. The van der Waals surface area contributed by atoms with E-state index < -0.39 is 0 Å². The third-order valence-electron chi connectivity index (χ3n) is 7.44. The third-order valence-corrected chi connectivity index (χ3v) is 7.90. The van der Waals surface area contributed by atoms with Crippen molar-refractivity contribution >= 4 is 27.9 Å². The molecule has 0 atom stereocenters. The predicted octanol–water partition coefficient (Wildman–Crippen LogP) is 5.91. The molecule has 11 heteroatoms. The minimum atomic E-state index is -0.378. The van der Waals surface area contributed by atoms with Crippen molar-refractivity contribution in [1.29, 1.82) is 0 Å². The molecule has 0 spiro atoms. The van der Waals surface area contributed by atoms with Crippen LogP contribution in [0.25, 0.3) is 11.1 Å². The first-order valence-corrected chi connectivity index (χ1v) is 16.7. The van der Waals surface area contributed by atoms with Crippen LogP contribution >= 0.6 is 15.9 Å². The molecule has 0 aliphatic carbocycles. The number of hydrogen-bond donors (Lipinski definition) is 0. The molecular formula is C35H45BrN2O8. The molecule has 0 saturated heterocycles. The average Bonchev–Trinajstić information content (AvgIpc) is 3.02. The van der Waals surface area contributed by atoms with Gasteiger partial charge in [-0.1, -0.05) is 40.9 Å². The molecule has 1 aromatic heterocycles. The van der Waals surface area contributed by atoms with Gasteiger partial charge in [-0.3, -0.25) is 19.0 Å². The van der Waals surface area contributed by atoms with Crippen LogP contribution in [0.15, 0.2) is 56.7 Å². The summed E-state index contributed by atoms with van der Waals surface area (Å²) in [5.41, 5.74) is 2.51. The zero-order chi connectivity index (χ0) is 33.5. The number of nitrogens with zero attached hydrogens (tertiary/aromatic N) is 2. The van der Waals surface area contributed by atoms with Gasteiger partial charge in [0.15, 0.2) is 0 Å². The third kappa shape index (κ3) is 11.2. The number of ether oxygens (including phenoxy) is 4. The Morgan fingerprint density at radius 3 is 2.24 bits per heavy atom.